The van der Waals surface area contributed by atoms with Crippen LogP contribution in [0.1, 0.15) is 10.4 Å². The number of benzene rings is 1. The third kappa shape index (κ3) is 1.61. The van der Waals surface area contributed by atoms with E-state index in [0.29, 0.717) is 23.7 Å². The Morgan fingerprint density at radius 2 is 2.21 bits per heavy atom. The molecule has 0 spiro atoms. The topological polar surface area (TPSA) is 40.5 Å². The van der Waals surface area contributed by atoms with Crippen LogP contribution in [0.2, 0.25) is 5.02 Å². The van der Waals surface area contributed by atoms with Gasteiger partial charge in [-0.2, -0.15) is 0 Å². The molecule has 1 saturated heterocycles. The van der Waals surface area contributed by atoms with Gasteiger partial charge in [-0.25, -0.2) is 0 Å². The zero-order valence-corrected chi connectivity index (χ0v) is 8.24. The molecular formula is C10H10ClNO2. The smallest absolute Gasteiger partial charge is 0.150 e. The van der Waals surface area contributed by atoms with Gasteiger partial charge in [-0.15, -0.1) is 0 Å². The van der Waals surface area contributed by atoms with Crippen LogP contribution >= 0.6 is 11.6 Å². The molecule has 4 heteroatoms. The van der Waals surface area contributed by atoms with Gasteiger partial charge in [0, 0.05) is 18.7 Å². The Kier molecular flexibility index (Phi) is 2.44. The van der Waals surface area contributed by atoms with Gasteiger partial charge in [-0.1, -0.05) is 11.6 Å². The minimum absolute atomic E-state index is 0.253. The molecule has 1 fully saturated rings. The fourth-order valence-electron chi connectivity index (χ4n) is 1.50. The Morgan fingerprint density at radius 3 is 2.71 bits per heavy atom. The van der Waals surface area contributed by atoms with Crippen LogP contribution in [0.5, 0.6) is 0 Å². The standard InChI is InChI=1S/C10H10ClNO2/c11-9-3-7(6-13)1-2-10(9)12-4-8(14)5-12/h1-3,6,8,14H,4-5H2. The molecule has 0 amide bonds. The minimum atomic E-state index is -0.253. The van der Waals surface area contributed by atoms with E-state index >= 15 is 0 Å². The first-order valence-electron chi connectivity index (χ1n) is 4.38. The second-order valence-corrected chi connectivity index (χ2v) is 3.79. The largest absolute Gasteiger partial charge is 0.389 e. The van der Waals surface area contributed by atoms with Crippen molar-refractivity contribution in [2.24, 2.45) is 0 Å². The molecule has 0 radical (unpaired) electrons. The summed E-state index contributed by atoms with van der Waals surface area (Å²) in [6.07, 6.45) is 0.512. The van der Waals surface area contributed by atoms with E-state index in [9.17, 15) is 4.79 Å². The zero-order chi connectivity index (χ0) is 10.1. The molecule has 1 aromatic carbocycles. The molecule has 1 aliphatic rings. The number of aldehydes is 1. The molecule has 0 bridgehead atoms. The van der Waals surface area contributed by atoms with Crippen molar-refractivity contribution in [3.8, 4) is 0 Å². The summed E-state index contributed by atoms with van der Waals surface area (Å²) in [5, 5.41) is 9.69. The van der Waals surface area contributed by atoms with E-state index in [0.717, 1.165) is 12.0 Å². The van der Waals surface area contributed by atoms with E-state index in [1.807, 2.05) is 4.90 Å². The van der Waals surface area contributed by atoms with E-state index < -0.39 is 0 Å². The molecule has 1 aliphatic heterocycles. The van der Waals surface area contributed by atoms with Gasteiger partial charge < -0.3 is 10.0 Å². The highest BCUT2D eigenvalue weighted by Gasteiger charge is 2.25. The fourth-order valence-corrected chi connectivity index (χ4v) is 1.81. The third-order valence-electron chi connectivity index (χ3n) is 2.31. The lowest BCUT2D eigenvalue weighted by atomic mass is 10.1. The van der Waals surface area contributed by atoms with E-state index in [1.54, 1.807) is 18.2 Å². The van der Waals surface area contributed by atoms with Crippen LogP contribution < -0.4 is 4.90 Å². The number of rotatable bonds is 2. The lowest BCUT2D eigenvalue weighted by Gasteiger charge is -2.38. The minimum Gasteiger partial charge on any atom is -0.389 e. The molecule has 0 aliphatic carbocycles. The Labute approximate surface area is 86.9 Å². The summed E-state index contributed by atoms with van der Waals surface area (Å²) in [6, 6.07) is 5.16. The van der Waals surface area contributed by atoms with Crippen LogP contribution in [-0.2, 0) is 0 Å². The molecule has 0 unspecified atom stereocenters. The molecular weight excluding hydrogens is 202 g/mol. The van der Waals surface area contributed by atoms with E-state index in [-0.39, 0.29) is 6.10 Å². The molecule has 2 rings (SSSR count). The normalized spacial score (nSPS) is 16.6. The lowest BCUT2D eigenvalue weighted by Crippen LogP contribution is -2.50. The van der Waals surface area contributed by atoms with Crippen molar-refractivity contribution < 1.29 is 9.90 Å². The van der Waals surface area contributed by atoms with Crippen LogP contribution in [0.3, 0.4) is 0 Å². The predicted octanol–water partition coefficient (Wildman–Crippen LogP) is 1.33. The summed E-state index contributed by atoms with van der Waals surface area (Å²) in [5.74, 6) is 0. The van der Waals surface area contributed by atoms with Crippen molar-refractivity contribution in [2.45, 2.75) is 6.10 Å². The Morgan fingerprint density at radius 1 is 1.50 bits per heavy atom. The lowest BCUT2D eigenvalue weighted by molar-refractivity contribution is 0.112. The van der Waals surface area contributed by atoms with Crippen molar-refractivity contribution in [2.75, 3.05) is 18.0 Å². The van der Waals surface area contributed by atoms with Crippen LogP contribution in [0.15, 0.2) is 18.2 Å². The number of aliphatic hydroxyl groups is 1. The quantitative estimate of drug-likeness (QED) is 0.751. The van der Waals surface area contributed by atoms with Gasteiger partial charge >= 0.3 is 0 Å². The van der Waals surface area contributed by atoms with Gasteiger partial charge in [0.25, 0.3) is 0 Å². The van der Waals surface area contributed by atoms with Crippen molar-refractivity contribution >= 4 is 23.6 Å². The van der Waals surface area contributed by atoms with Crippen LogP contribution in [0.4, 0.5) is 5.69 Å². The first kappa shape index (κ1) is 9.49. The molecule has 74 valence electrons. The fraction of sp³-hybridized carbons (Fsp3) is 0.300. The second kappa shape index (κ2) is 3.59. The molecule has 1 heterocycles. The summed E-state index contributed by atoms with van der Waals surface area (Å²) in [4.78, 5) is 12.4. The van der Waals surface area contributed by atoms with E-state index in [4.69, 9.17) is 16.7 Å². The van der Waals surface area contributed by atoms with Crippen LogP contribution in [0.25, 0.3) is 0 Å². The average Bonchev–Trinajstić information content (AvgIpc) is 2.13. The SMILES string of the molecule is O=Cc1ccc(N2CC(O)C2)c(Cl)c1. The van der Waals surface area contributed by atoms with Crippen molar-refractivity contribution in [1.82, 2.24) is 0 Å². The Bertz CT molecular complexity index is 361. The predicted molar refractivity (Wildman–Crippen MR) is 55.1 cm³/mol. The second-order valence-electron chi connectivity index (χ2n) is 3.39. The van der Waals surface area contributed by atoms with Gasteiger partial charge in [0.15, 0.2) is 0 Å². The Hall–Kier alpha value is -1.06. The van der Waals surface area contributed by atoms with E-state index in [1.165, 1.54) is 0 Å². The van der Waals surface area contributed by atoms with Crippen molar-refractivity contribution in [3.63, 3.8) is 0 Å². The van der Waals surface area contributed by atoms with Crippen LogP contribution in [0, 0.1) is 0 Å². The number of hydrogen-bond donors (Lipinski definition) is 1. The van der Waals surface area contributed by atoms with Crippen molar-refractivity contribution in [1.29, 1.82) is 0 Å². The van der Waals surface area contributed by atoms with Gasteiger partial charge in [0.05, 0.1) is 16.8 Å². The number of carbonyl (C=O) groups is 1. The maximum absolute atomic E-state index is 10.5. The van der Waals surface area contributed by atoms with Crippen molar-refractivity contribution in [3.05, 3.63) is 28.8 Å². The molecule has 1 N–H and O–H groups in total. The molecule has 1 aromatic rings. The number of nitrogens with zero attached hydrogens (tertiary/aromatic N) is 1. The summed E-state index contributed by atoms with van der Waals surface area (Å²) >= 11 is 5.98. The molecule has 3 nitrogen and oxygen atoms in total. The molecule has 0 saturated carbocycles. The number of anilines is 1. The summed E-state index contributed by atoms with van der Waals surface area (Å²) in [6.45, 7) is 1.22. The maximum Gasteiger partial charge on any atom is 0.150 e. The Balaban J connectivity index is 2.22. The molecule has 0 atom stereocenters. The number of halogens is 1. The molecule has 0 aromatic heterocycles. The number of carbonyl (C=O) groups excluding carboxylic acids is 1. The third-order valence-corrected chi connectivity index (χ3v) is 2.61. The highest BCUT2D eigenvalue weighted by molar-refractivity contribution is 6.33. The summed E-state index contributed by atoms with van der Waals surface area (Å²) in [7, 11) is 0. The maximum atomic E-state index is 10.5. The summed E-state index contributed by atoms with van der Waals surface area (Å²) in [5.41, 5.74) is 1.45. The van der Waals surface area contributed by atoms with Gasteiger partial charge in [-0.05, 0) is 18.2 Å². The highest BCUT2D eigenvalue weighted by atomic mass is 35.5. The van der Waals surface area contributed by atoms with Gasteiger partial charge in [-0.3, -0.25) is 4.79 Å². The number of hydrogen-bond acceptors (Lipinski definition) is 3. The van der Waals surface area contributed by atoms with Gasteiger partial charge in [0.1, 0.15) is 6.29 Å². The van der Waals surface area contributed by atoms with Crippen LogP contribution in [-0.4, -0.2) is 30.6 Å². The highest BCUT2D eigenvalue weighted by Crippen LogP contribution is 2.29. The number of aliphatic hydroxyl groups excluding tert-OH is 1. The monoisotopic (exact) mass is 211 g/mol. The zero-order valence-electron chi connectivity index (χ0n) is 7.48. The number of β-amino-alcohol motifs (C(OH)–C–C–N with tert-alkyl or cyclic N) is 1. The van der Waals surface area contributed by atoms with E-state index in [2.05, 4.69) is 0 Å². The first-order chi connectivity index (χ1) is 6.70. The van der Waals surface area contributed by atoms with Gasteiger partial charge in [0.2, 0.25) is 0 Å². The summed E-state index contributed by atoms with van der Waals surface area (Å²) < 4.78 is 0. The average molecular weight is 212 g/mol. The molecule has 14 heavy (non-hydrogen) atoms. The first-order valence-corrected chi connectivity index (χ1v) is 4.76.